The smallest absolute Gasteiger partial charge is 0.226 e. The van der Waals surface area contributed by atoms with Crippen LogP contribution in [-0.4, -0.2) is 14.8 Å². The van der Waals surface area contributed by atoms with Crippen LogP contribution in [0.25, 0.3) is 5.70 Å². The zero-order chi connectivity index (χ0) is 14.2. The molecule has 0 aliphatic carbocycles. The molecule has 3 aromatic rings. The van der Waals surface area contributed by atoms with Gasteiger partial charge in [0.15, 0.2) is 0 Å². The molecular weight excluding hydrogens is 304 g/mol. The van der Waals surface area contributed by atoms with Gasteiger partial charge in [-0.2, -0.15) is 10.1 Å². The summed E-state index contributed by atoms with van der Waals surface area (Å²) in [5.41, 5.74) is 2.19. The lowest BCUT2D eigenvalue weighted by molar-refractivity contribution is 0.612. The quantitative estimate of drug-likeness (QED) is 0.776. The number of thiophene rings is 1. The van der Waals surface area contributed by atoms with Crippen LogP contribution in [0.5, 0.6) is 0 Å². The van der Waals surface area contributed by atoms with Crippen LogP contribution in [0, 0.1) is 0 Å². The van der Waals surface area contributed by atoms with Crippen LogP contribution >= 0.6 is 22.9 Å². The van der Waals surface area contributed by atoms with Crippen molar-refractivity contribution in [1.29, 1.82) is 0 Å². The first-order valence-corrected chi connectivity index (χ1v) is 7.75. The van der Waals surface area contributed by atoms with E-state index < -0.39 is 0 Å². The van der Waals surface area contributed by atoms with Gasteiger partial charge in [-0.05, 0) is 35.2 Å². The van der Waals surface area contributed by atoms with Crippen LogP contribution in [-0.2, 0) is 0 Å². The standard InChI is InChI=1S/C15H11ClN4S/c16-11-5-3-10(4-6-11)13-8-12(14-2-1-7-21-14)19-15-17-9-18-20(13)15/h1-9,13H,(H,17,18,19)/t13-/m0/s1. The lowest BCUT2D eigenvalue weighted by atomic mass is 10.0. The molecule has 0 spiro atoms. The molecule has 0 saturated carbocycles. The number of benzene rings is 1. The third-order valence-electron chi connectivity index (χ3n) is 3.41. The van der Waals surface area contributed by atoms with Crippen LogP contribution < -0.4 is 5.32 Å². The highest BCUT2D eigenvalue weighted by Crippen LogP contribution is 2.33. The van der Waals surface area contributed by atoms with Crippen molar-refractivity contribution in [3.63, 3.8) is 0 Å². The molecule has 6 heteroatoms. The van der Waals surface area contributed by atoms with Gasteiger partial charge >= 0.3 is 0 Å². The van der Waals surface area contributed by atoms with E-state index >= 15 is 0 Å². The molecule has 1 atom stereocenters. The van der Waals surface area contributed by atoms with Crippen LogP contribution in [0.15, 0.2) is 54.2 Å². The highest BCUT2D eigenvalue weighted by molar-refractivity contribution is 7.11. The summed E-state index contributed by atoms with van der Waals surface area (Å²) in [4.78, 5) is 5.47. The van der Waals surface area contributed by atoms with E-state index in [4.69, 9.17) is 11.6 Å². The minimum Gasteiger partial charge on any atom is -0.323 e. The van der Waals surface area contributed by atoms with Crippen LogP contribution in [0.3, 0.4) is 0 Å². The van der Waals surface area contributed by atoms with Gasteiger partial charge in [-0.25, -0.2) is 4.68 Å². The van der Waals surface area contributed by atoms with E-state index in [0.717, 1.165) is 22.2 Å². The first-order chi connectivity index (χ1) is 10.3. The maximum Gasteiger partial charge on any atom is 0.226 e. The second kappa shape index (κ2) is 5.02. The first kappa shape index (κ1) is 12.6. The number of aromatic nitrogens is 3. The van der Waals surface area contributed by atoms with Crippen molar-refractivity contribution in [1.82, 2.24) is 14.8 Å². The number of nitrogens with one attached hydrogen (secondary N) is 1. The molecule has 0 unspecified atom stereocenters. The van der Waals surface area contributed by atoms with Gasteiger partial charge in [-0.1, -0.05) is 29.8 Å². The number of fused-ring (bicyclic) bond motifs is 1. The average molecular weight is 315 g/mol. The number of nitrogens with zero attached hydrogens (tertiary/aromatic N) is 3. The fourth-order valence-electron chi connectivity index (χ4n) is 2.41. The molecule has 1 aliphatic rings. The number of rotatable bonds is 2. The molecule has 0 fully saturated rings. The summed E-state index contributed by atoms with van der Waals surface area (Å²) in [6, 6.07) is 12.0. The van der Waals surface area contributed by atoms with Crippen molar-refractivity contribution < 1.29 is 0 Å². The number of halogens is 1. The predicted octanol–water partition coefficient (Wildman–Crippen LogP) is 4.05. The van der Waals surface area contributed by atoms with E-state index in [1.807, 2.05) is 35.0 Å². The molecule has 1 N–H and O–H groups in total. The fourth-order valence-corrected chi connectivity index (χ4v) is 3.24. The number of hydrogen-bond acceptors (Lipinski definition) is 4. The SMILES string of the molecule is Clc1ccc([C@@H]2C=C(c3cccs3)Nc3ncnn32)cc1. The Kier molecular flexibility index (Phi) is 3.02. The second-order valence-electron chi connectivity index (χ2n) is 4.71. The third-order valence-corrected chi connectivity index (χ3v) is 4.56. The Balaban J connectivity index is 1.82. The van der Waals surface area contributed by atoms with E-state index in [-0.39, 0.29) is 6.04 Å². The fraction of sp³-hybridized carbons (Fsp3) is 0.0667. The molecule has 0 bridgehead atoms. The van der Waals surface area contributed by atoms with Crippen LogP contribution in [0.4, 0.5) is 5.95 Å². The summed E-state index contributed by atoms with van der Waals surface area (Å²) in [5, 5.41) is 10.4. The molecule has 0 radical (unpaired) electrons. The van der Waals surface area contributed by atoms with Gasteiger partial charge in [0, 0.05) is 5.02 Å². The van der Waals surface area contributed by atoms with E-state index in [2.05, 4.69) is 32.9 Å². The van der Waals surface area contributed by atoms with Crippen molar-refractivity contribution in [2.45, 2.75) is 6.04 Å². The largest absolute Gasteiger partial charge is 0.323 e. The molecule has 21 heavy (non-hydrogen) atoms. The minimum absolute atomic E-state index is 0.0121. The molecule has 1 aliphatic heterocycles. The molecular formula is C15H11ClN4S. The summed E-state index contributed by atoms with van der Waals surface area (Å²) in [7, 11) is 0. The molecule has 0 amide bonds. The van der Waals surface area contributed by atoms with Crippen LogP contribution in [0.2, 0.25) is 5.02 Å². The number of hydrogen-bond donors (Lipinski definition) is 1. The average Bonchev–Trinajstić information content (AvgIpc) is 3.18. The van der Waals surface area contributed by atoms with E-state index in [0.29, 0.717) is 0 Å². The normalized spacial score (nSPS) is 17.0. The molecule has 4 nitrogen and oxygen atoms in total. The summed E-state index contributed by atoms with van der Waals surface area (Å²) in [6.45, 7) is 0. The Labute approximate surface area is 130 Å². The molecule has 104 valence electrons. The van der Waals surface area contributed by atoms with Gasteiger partial charge in [0.2, 0.25) is 5.95 Å². The summed E-state index contributed by atoms with van der Waals surface area (Å²) >= 11 is 7.68. The van der Waals surface area contributed by atoms with E-state index in [9.17, 15) is 0 Å². The molecule has 1 aromatic carbocycles. The van der Waals surface area contributed by atoms with E-state index in [1.54, 1.807) is 17.7 Å². The summed E-state index contributed by atoms with van der Waals surface area (Å²) in [6.07, 6.45) is 3.73. The lowest BCUT2D eigenvalue weighted by Crippen LogP contribution is -2.19. The Morgan fingerprint density at radius 1 is 1.19 bits per heavy atom. The van der Waals surface area contributed by atoms with Crippen molar-refractivity contribution >= 4 is 34.6 Å². The summed E-state index contributed by atoms with van der Waals surface area (Å²) < 4.78 is 1.88. The lowest BCUT2D eigenvalue weighted by Gasteiger charge is -2.23. The highest BCUT2D eigenvalue weighted by atomic mass is 35.5. The zero-order valence-corrected chi connectivity index (χ0v) is 12.5. The Hall–Kier alpha value is -2.11. The third kappa shape index (κ3) is 2.24. The highest BCUT2D eigenvalue weighted by Gasteiger charge is 2.23. The van der Waals surface area contributed by atoms with Gasteiger partial charge in [-0.3, -0.25) is 0 Å². The summed E-state index contributed by atoms with van der Waals surface area (Å²) in [5.74, 6) is 0.751. The number of allylic oxidation sites excluding steroid dienone is 1. The first-order valence-electron chi connectivity index (χ1n) is 6.49. The van der Waals surface area contributed by atoms with Crippen molar-refractivity contribution in [3.05, 3.63) is 69.6 Å². The van der Waals surface area contributed by atoms with Crippen molar-refractivity contribution in [3.8, 4) is 0 Å². The topological polar surface area (TPSA) is 42.7 Å². The molecule has 2 aromatic heterocycles. The van der Waals surface area contributed by atoms with Crippen LogP contribution in [0.1, 0.15) is 16.5 Å². The maximum absolute atomic E-state index is 5.98. The van der Waals surface area contributed by atoms with E-state index in [1.165, 1.54) is 4.88 Å². The Bertz CT molecular complexity index is 789. The second-order valence-corrected chi connectivity index (χ2v) is 6.09. The van der Waals surface area contributed by atoms with Gasteiger partial charge < -0.3 is 5.32 Å². The minimum atomic E-state index is 0.0121. The molecule has 0 saturated heterocycles. The van der Waals surface area contributed by atoms with Gasteiger partial charge in [-0.15, -0.1) is 11.3 Å². The van der Waals surface area contributed by atoms with Crippen molar-refractivity contribution in [2.24, 2.45) is 0 Å². The van der Waals surface area contributed by atoms with Gasteiger partial charge in [0.1, 0.15) is 12.4 Å². The Morgan fingerprint density at radius 3 is 2.81 bits per heavy atom. The maximum atomic E-state index is 5.98. The predicted molar refractivity (Wildman–Crippen MR) is 85.5 cm³/mol. The van der Waals surface area contributed by atoms with Crippen molar-refractivity contribution in [2.75, 3.05) is 5.32 Å². The monoisotopic (exact) mass is 314 g/mol. The van der Waals surface area contributed by atoms with Gasteiger partial charge in [0.25, 0.3) is 0 Å². The molecule has 3 heterocycles. The van der Waals surface area contributed by atoms with Gasteiger partial charge in [0.05, 0.1) is 10.6 Å². The number of anilines is 1. The Morgan fingerprint density at radius 2 is 2.05 bits per heavy atom. The zero-order valence-electron chi connectivity index (χ0n) is 10.9. The molecule has 4 rings (SSSR count).